The highest BCUT2D eigenvalue weighted by Crippen LogP contribution is 2.18. The summed E-state index contributed by atoms with van der Waals surface area (Å²) >= 11 is 3.33. The number of nitriles is 1. The lowest BCUT2D eigenvalue weighted by atomic mass is 10.1. The standard InChI is InChI=1S/C24H17BrFN3O3/c25-18-2-1-3-21(13-18)29-24(31)17(14-27)12-16-4-10-22(11-5-16)32-15-23(30)28-20-8-6-19(26)7-9-20/h1-13H,15H2,(H,28,30)(H,29,31)/b17-12+. The van der Waals surface area contributed by atoms with Crippen LogP contribution in [0.3, 0.4) is 0 Å². The van der Waals surface area contributed by atoms with Crippen LogP contribution in [0.15, 0.2) is 82.8 Å². The molecule has 6 nitrogen and oxygen atoms in total. The van der Waals surface area contributed by atoms with Crippen molar-refractivity contribution in [1.82, 2.24) is 0 Å². The maximum Gasteiger partial charge on any atom is 0.266 e. The van der Waals surface area contributed by atoms with Crippen LogP contribution >= 0.6 is 15.9 Å². The van der Waals surface area contributed by atoms with Crippen molar-refractivity contribution in [2.45, 2.75) is 0 Å². The van der Waals surface area contributed by atoms with E-state index in [9.17, 15) is 19.2 Å². The Balaban J connectivity index is 1.57. The summed E-state index contributed by atoms with van der Waals surface area (Å²) in [4.78, 5) is 24.3. The zero-order valence-corrected chi connectivity index (χ0v) is 18.2. The molecular weight excluding hydrogens is 477 g/mol. The van der Waals surface area contributed by atoms with Gasteiger partial charge in [0.2, 0.25) is 0 Å². The Hall–Kier alpha value is -3.96. The summed E-state index contributed by atoms with van der Waals surface area (Å²) in [7, 11) is 0. The van der Waals surface area contributed by atoms with Crippen LogP contribution < -0.4 is 15.4 Å². The maximum atomic E-state index is 12.9. The fourth-order valence-corrected chi connectivity index (χ4v) is 3.02. The van der Waals surface area contributed by atoms with E-state index in [-0.39, 0.29) is 12.2 Å². The molecule has 0 unspecified atom stereocenters. The highest BCUT2D eigenvalue weighted by atomic mass is 79.9. The van der Waals surface area contributed by atoms with Crippen LogP contribution in [0.2, 0.25) is 0 Å². The van der Waals surface area contributed by atoms with Gasteiger partial charge >= 0.3 is 0 Å². The summed E-state index contributed by atoms with van der Waals surface area (Å²) in [5, 5.41) is 14.6. The van der Waals surface area contributed by atoms with Crippen molar-refractivity contribution in [3.8, 4) is 11.8 Å². The molecule has 0 heterocycles. The fourth-order valence-electron chi connectivity index (χ4n) is 2.62. The smallest absolute Gasteiger partial charge is 0.266 e. The van der Waals surface area contributed by atoms with E-state index < -0.39 is 17.6 Å². The van der Waals surface area contributed by atoms with Crippen molar-refractivity contribution in [2.24, 2.45) is 0 Å². The van der Waals surface area contributed by atoms with Gasteiger partial charge in [-0.1, -0.05) is 34.1 Å². The van der Waals surface area contributed by atoms with Crippen LogP contribution in [0, 0.1) is 17.1 Å². The molecule has 3 aromatic carbocycles. The molecule has 0 radical (unpaired) electrons. The normalized spacial score (nSPS) is 10.7. The Labute approximate surface area is 192 Å². The van der Waals surface area contributed by atoms with Crippen molar-refractivity contribution in [2.75, 3.05) is 17.2 Å². The Morgan fingerprint density at radius 1 is 1.00 bits per heavy atom. The first-order valence-corrected chi connectivity index (χ1v) is 10.2. The molecule has 160 valence electrons. The van der Waals surface area contributed by atoms with E-state index in [4.69, 9.17) is 4.74 Å². The third-order valence-corrected chi connectivity index (χ3v) is 4.63. The molecule has 0 bridgehead atoms. The lowest BCUT2D eigenvalue weighted by Gasteiger charge is -2.08. The average Bonchev–Trinajstić information content (AvgIpc) is 2.78. The molecule has 0 aliphatic rings. The largest absolute Gasteiger partial charge is 0.484 e. The van der Waals surface area contributed by atoms with Gasteiger partial charge in [-0.15, -0.1) is 0 Å². The molecule has 0 aromatic heterocycles. The minimum absolute atomic E-state index is 0.0580. The van der Waals surface area contributed by atoms with E-state index >= 15 is 0 Å². The average molecular weight is 494 g/mol. The van der Waals surface area contributed by atoms with Gasteiger partial charge in [0.05, 0.1) is 0 Å². The summed E-state index contributed by atoms with van der Waals surface area (Å²) in [5.74, 6) is -0.868. The summed E-state index contributed by atoms with van der Waals surface area (Å²) in [5.41, 5.74) is 1.59. The summed E-state index contributed by atoms with van der Waals surface area (Å²) in [6.45, 7) is -0.231. The van der Waals surface area contributed by atoms with Crippen LogP contribution in [0.25, 0.3) is 6.08 Å². The molecule has 0 fully saturated rings. The number of amides is 2. The molecule has 0 atom stereocenters. The van der Waals surface area contributed by atoms with Gasteiger partial charge in [0.15, 0.2) is 6.61 Å². The number of anilines is 2. The molecule has 0 aliphatic heterocycles. The second kappa shape index (κ2) is 10.9. The second-order valence-electron chi connectivity index (χ2n) is 6.55. The van der Waals surface area contributed by atoms with Crippen molar-refractivity contribution < 1.29 is 18.7 Å². The number of nitrogens with zero attached hydrogens (tertiary/aromatic N) is 1. The number of carbonyl (C=O) groups excluding carboxylic acids is 2. The highest BCUT2D eigenvalue weighted by molar-refractivity contribution is 9.10. The van der Waals surface area contributed by atoms with Crippen molar-refractivity contribution in [3.05, 3.63) is 94.2 Å². The number of ether oxygens (including phenoxy) is 1. The van der Waals surface area contributed by atoms with E-state index in [1.165, 1.54) is 30.3 Å². The quantitative estimate of drug-likeness (QED) is 0.351. The fraction of sp³-hybridized carbons (Fsp3) is 0.0417. The van der Waals surface area contributed by atoms with Crippen LogP contribution in [-0.4, -0.2) is 18.4 Å². The van der Waals surface area contributed by atoms with Gasteiger partial charge in [-0.3, -0.25) is 9.59 Å². The van der Waals surface area contributed by atoms with Gasteiger partial charge < -0.3 is 15.4 Å². The van der Waals surface area contributed by atoms with Crippen LogP contribution in [0.5, 0.6) is 5.75 Å². The van der Waals surface area contributed by atoms with Crippen molar-refractivity contribution >= 4 is 45.2 Å². The maximum absolute atomic E-state index is 12.9. The first kappa shape index (κ1) is 22.7. The van der Waals surface area contributed by atoms with Gasteiger partial charge in [0, 0.05) is 15.8 Å². The molecule has 32 heavy (non-hydrogen) atoms. The van der Waals surface area contributed by atoms with Gasteiger partial charge in [-0.2, -0.15) is 5.26 Å². The van der Waals surface area contributed by atoms with Gasteiger partial charge in [-0.25, -0.2) is 4.39 Å². The predicted octanol–water partition coefficient (Wildman–Crippen LogP) is 5.15. The molecule has 0 saturated carbocycles. The van der Waals surface area contributed by atoms with Crippen LogP contribution in [0.1, 0.15) is 5.56 Å². The van der Waals surface area contributed by atoms with E-state index in [2.05, 4.69) is 26.6 Å². The topological polar surface area (TPSA) is 91.2 Å². The Kier molecular flexibility index (Phi) is 7.73. The van der Waals surface area contributed by atoms with Crippen LogP contribution in [0.4, 0.5) is 15.8 Å². The van der Waals surface area contributed by atoms with E-state index in [1.807, 2.05) is 12.1 Å². The number of benzene rings is 3. The van der Waals surface area contributed by atoms with Crippen molar-refractivity contribution in [1.29, 1.82) is 5.26 Å². The zero-order valence-electron chi connectivity index (χ0n) is 16.6. The number of halogens is 2. The number of hydrogen-bond donors (Lipinski definition) is 2. The van der Waals surface area contributed by atoms with E-state index in [0.717, 1.165) is 4.47 Å². The number of rotatable bonds is 7. The molecule has 3 aromatic rings. The molecule has 8 heteroatoms. The Morgan fingerprint density at radius 2 is 1.72 bits per heavy atom. The Bertz CT molecular complexity index is 1190. The third kappa shape index (κ3) is 6.79. The van der Waals surface area contributed by atoms with Gasteiger partial charge in [0.25, 0.3) is 11.8 Å². The minimum Gasteiger partial charge on any atom is -0.484 e. The summed E-state index contributed by atoms with van der Waals surface area (Å²) < 4.78 is 19.1. The van der Waals surface area contributed by atoms with Crippen LogP contribution in [-0.2, 0) is 9.59 Å². The molecule has 3 rings (SSSR count). The Morgan fingerprint density at radius 3 is 2.38 bits per heavy atom. The predicted molar refractivity (Wildman–Crippen MR) is 123 cm³/mol. The summed E-state index contributed by atoms with van der Waals surface area (Å²) in [6, 6.07) is 20.9. The van der Waals surface area contributed by atoms with Gasteiger partial charge in [0.1, 0.15) is 23.2 Å². The number of carbonyl (C=O) groups is 2. The molecule has 2 amide bonds. The second-order valence-corrected chi connectivity index (χ2v) is 7.46. The van der Waals surface area contributed by atoms with E-state index in [0.29, 0.717) is 22.7 Å². The van der Waals surface area contributed by atoms with E-state index in [1.54, 1.807) is 42.5 Å². The SMILES string of the molecule is N#C/C(=C\c1ccc(OCC(=O)Nc2ccc(F)cc2)cc1)C(=O)Nc1cccc(Br)c1. The molecule has 0 saturated heterocycles. The lowest BCUT2D eigenvalue weighted by molar-refractivity contribution is -0.118. The first-order valence-electron chi connectivity index (χ1n) is 9.40. The minimum atomic E-state index is -0.525. The third-order valence-electron chi connectivity index (χ3n) is 4.14. The monoisotopic (exact) mass is 493 g/mol. The lowest BCUT2D eigenvalue weighted by Crippen LogP contribution is -2.20. The highest BCUT2D eigenvalue weighted by Gasteiger charge is 2.10. The molecule has 0 spiro atoms. The molecule has 2 N–H and O–H groups in total. The van der Waals surface area contributed by atoms with Gasteiger partial charge in [-0.05, 0) is 66.2 Å². The first-order chi connectivity index (χ1) is 15.4. The molecule has 0 aliphatic carbocycles. The summed E-state index contributed by atoms with van der Waals surface area (Å²) in [6.07, 6.45) is 1.46. The number of hydrogen-bond acceptors (Lipinski definition) is 4. The number of nitrogens with one attached hydrogen (secondary N) is 2. The zero-order chi connectivity index (χ0) is 22.9. The molecular formula is C24H17BrFN3O3. The van der Waals surface area contributed by atoms with Crippen molar-refractivity contribution in [3.63, 3.8) is 0 Å².